The van der Waals surface area contributed by atoms with Crippen molar-refractivity contribution in [3.63, 3.8) is 0 Å². The van der Waals surface area contributed by atoms with Crippen LogP contribution in [0, 0.1) is 5.92 Å². The molecule has 1 aliphatic rings. The van der Waals surface area contributed by atoms with E-state index in [1.807, 2.05) is 36.4 Å². The molecule has 0 spiro atoms. The van der Waals surface area contributed by atoms with Crippen molar-refractivity contribution in [3.05, 3.63) is 88.4 Å². The second-order valence-electron chi connectivity index (χ2n) is 6.05. The first kappa shape index (κ1) is 16.3. The molecule has 0 saturated carbocycles. The van der Waals surface area contributed by atoms with Crippen molar-refractivity contribution < 1.29 is 5.11 Å². The van der Waals surface area contributed by atoms with Gasteiger partial charge < -0.3 is 15.0 Å². The molecular formula is C20H22N2O2. The standard InChI is InChI=1S/C20H22N2O2/c23-19-18(14-21-13-16-7-3-1-4-8-16)11-12-22(20(19)24)15-17-9-5-2-6-10-17/h1-7,9-12,16,21,23H,8,13-15H2. The van der Waals surface area contributed by atoms with E-state index >= 15 is 0 Å². The summed E-state index contributed by atoms with van der Waals surface area (Å²) >= 11 is 0. The molecule has 4 heteroatoms. The highest BCUT2D eigenvalue weighted by Gasteiger charge is 2.10. The number of allylic oxidation sites excluding steroid dienone is 3. The smallest absolute Gasteiger partial charge is 0.293 e. The molecule has 1 atom stereocenters. The average Bonchev–Trinajstić information content (AvgIpc) is 2.63. The average molecular weight is 322 g/mol. The molecule has 4 nitrogen and oxygen atoms in total. The number of nitrogens with zero attached hydrogens (tertiary/aromatic N) is 1. The third-order valence-electron chi connectivity index (χ3n) is 4.21. The molecule has 0 radical (unpaired) electrons. The van der Waals surface area contributed by atoms with Crippen LogP contribution in [0.5, 0.6) is 5.75 Å². The van der Waals surface area contributed by atoms with E-state index in [1.54, 1.807) is 6.20 Å². The Morgan fingerprint density at radius 2 is 2.00 bits per heavy atom. The number of benzene rings is 1. The van der Waals surface area contributed by atoms with Crippen LogP contribution in [0.4, 0.5) is 0 Å². The summed E-state index contributed by atoms with van der Waals surface area (Å²) in [4.78, 5) is 12.3. The number of hydrogen-bond donors (Lipinski definition) is 2. The lowest BCUT2D eigenvalue weighted by atomic mass is 10.0. The molecule has 124 valence electrons. The predicted molar refractivity (Wildman–Crippen MR) is 96.0 cm³/mol. The Kier molecular flexibility index (Phi) is 5.29. The van der Waals surface area contributed by atoms with Gasteiger partial charge in [-0.2, -0.15) is 0 Å². The molecule has 0 aliphatic heterocycles. The van der Waals surface area contributed by atoms with Crippen molar-refractivity contribution in [2.45, 2.75) is 19.5 Å². The van der Waals surface area contributed by atoms with E-state index in [2.05, 4.69) is 29.6 Å². The third-order valence-corrected chi connectivity index (χ3v) is 4.21. The Balaban J connectivity index is 1.63. The highest BCUT2D eigenvalue weighted by molar-refractivity contribution is 5.29. The normalized spacial score (nSPS) is 16.4. The lowest BCUT2D eigenvalue weighted by molar-refractivity contribution is 0.446. The number of pyridine rings is 1. The molecular weight excluding hydrogens is 300 g/mol. The maximum Gasteiger partial charge on any atom is 0.293 e. The van der Waals surface area contributed by atoms with Crippen molar-refractivity contribution in [3.8, 4) is 5.75 Å². The second kappa shape index (κ2) is 7.79. The van der Waals surface area contributed by atoms with E-state index in [0.29, 0.717) is 24.6 Å². The lowest BCUT2D eigenvalue weighted by Crippen LogP contribution is -2.25. The monoisotopic (exact) mass is 322 g/mol. The predicted octanol–water partition coefficient (Wildman–Crippen LogP) is 2.82. The van der Waals surface area contributed by atoms with Crippen molar-refractivity contribution in [1.29, 1.82) is 0 Å². The highest BCUT2D eigenvalue weighted by atomic mass is 16.3. The molecule has 24 heavy (non-hydrogen) atoms. The number of nitrogens with one attached hydrogen (secondary N) is 1. The first-order valence-corrected chi connectivity index (χ1v) is 8.23. The summed E-state index contributed by atoms with van der Waals surface area (Å²) in [5.74, 6) is 0.301. The molecule has 0 bridgehead atoms. The quantitative estimate of drug-likeness (QED) is 0.860. The summed E-state index contributed by atoms with van der Waals surface area (Å²) in [7, 11) is 0. The van der Waals surface area contributed by atoms with Gasteiger partial charge in [-0.15, -0.1) is 0 Å². The van der Waals surface area contributed by atoms with Crippen LogP contribution in [0.1, 0.15) is 17.5 Å². The Morgan fingerprint density at radius 3 is 2.75 bits per heavy atom. The Bertz CT molecular complexity index is 791. The van der Waals surface area contributed by atoms with Gasteiger partial charge in [0.15, 0.2) is 5.75 Å². The van der Waals surface area contributed by atoms with Crippen LogP contribution in [0.3, 0.4) is 0 Å². The van der Waals surface area contributed by atoms with Crippen molar-refractivity contribution >= 4 is 0 Å². The van der Waals surface area contributed by atoms with Crippen LogP contribution in [-0.4, -0.2) is 16.2 Å². The maximum atomic E-state index is 12.3. The van der Waals surface area contributed by atoms with Crippen LogP contribution in [0.25, 0.3) is 0 Å². The Labute approximate surface area is 141 Å². The number of aromatic hydroxyl groups is 1. The van der Waals surface area contributed by atoms with Crippen molar-refractivity contribution in [2.75, 3.05) is 6.54 Å². The fourth-order valence-corrected chi connectivity index (χ4v) is 2.82. The summed E-state index contributed by atoms with van der Waals surface area (Å²) in [6.45, 7) is 1.77. The maximum absolute atomic E-state index is 12.3. The van der Waals surface area contributed by atoms with E-state index in [0.717, 1.165) is 18.5 Å². The molecule has 1 aliphatic carbocycles. The van der Waals surface area contributed by atoms with E-state index in [1.165, 1.54) is 4.57 Å². The zero-order chi connectivity index (χ0) is 16.8. The molecule has 1 unspecified atom stereocenters. The first-order valence-electron chi connectivity index (χ1n) is 8.23. The zero-order valence-corrected chi connectivity index (χ0v) is 13.6. The van der Waals surface area contributed by atoms with Gasteiger partial charge in [0.05, 0.1) is 6.54 Å². The largest absolute Gasteiger partial charge is 0.503 e. The molecule has 0 saturated heterocycles. The van der Waals surface area contributed by atoms with Gasteiger partial charge in [-0.05, 0) is 24.0 Å². The summed E-state index contributed by atoms with van der Waals surface area (Å²) in [5, 5.41) is 13.5. The Hall–Kier alpha value is -2.59. The van der Waals surface area contributed by atoms with Gasteiger partial charge in [0.25, 0.3) is 5.56 Å². The van der Waals surface area contributed by atoms with Gasteiger partial charge in [-0.3, -0.25) is 4.79 Å². The summed E-state index contributed by atoms with van der Waals surface area (Å²) in [6.07, 6.45) is 11.2. The van der Waals surface area contributed by atoms with E-state index < -0.39 is 0 Å². The minimum atomic E-state index is -0.348. The van der Waals surface area contributed by atoms with Gasteiger partial charge in [-0.25, -0.2) is 0 Å². The van der Waals surface area contributed by atoms with Crippen LogP contribution in [0.2, 0.25) is 0 Å². The minimum Gasteiger partial charge on any atom is -0.503 e. The lowest BCUT2D eigenvalue weighted by Gasteiger charge is -2.15. The molecule has 1 heterocycles. The first-order chi connectivity index (χ1) is 11.7. The third kappa shape index (κ3) is 4.03. The van der Waals surface area contributed by atoms with Gasteiger partial charge >= 0.3 is 0 Å². The summed E-state index contributed by atoms with van der Waals surface area (Å²) in [5.41, 5.74) is 1.32. The van der Waals surface area contributed by atoms with Gasteiger partial charge in [0.1, 0.15) is 0 Å². The van der Waals surface area contributed by atoms with Crippen LogP contribution < -0.4 is 10.9 Å². The molecule has 1 aromatic heterocycles. The van der Waals surface area contributed by atoms with Crippen LogP contribution >= 0.6 is 0 Å². The molecule has 0 amide bonds. The Morgan fingerprint density at radius 1 is 1.17 bits per heavy atom. The number of aromatic nitrogens is 1. The van der Waals surface area contributed by atoms with Crippen LogP contribution in [-0.2, 0) is 13.1 Å². The van der Waals surface area contributed by atoms with Crippen molar-refractivity contribution in [2.24, 2.45) is 5.92 Å². The van der Waals surface area contributed by atoms with Crippen LogP contribution in [0.15, 0.2) is 71.7 Å². The highest BCUT2D eigenvalue weighted by Crippen LogP contribution is 2.13. The van der Waals surface area contributed by atoms with E-state index in [-0.39, 0.29) is 11.3 Å². The summed E-state index contributed by atoms with van der Waals surface area (Å²) in [6, 6.07) is 11.6. The number of rotatable bonds is 6. The molecule has 2 aromatic rings. The van der Waals surface area contributed by atoms with E-state index in [4.69, 9.17) is 0 Å². The topological polar surface area (TPSA) is 54.3 Å². The SMILES string of the molecule is O=c1c(O)c(CNCC2C=CC=CC2)ccn1Cc1ccccc1. The van der Waals surface area contributed by atoms with Gasteiger partial charge in [-0.1, -0.05) is 54.6 Å². The molecule has 0 fully saturated rings. The number of hydrogen-bond acceptors (Lipinski definition) is 3. The summed E-state index contributed by atoms with van der Waals surface area (Å²) < 4.78 is 1.53. The van der Waals surface area contributed by atoms with Gasteiger partial charge in [0.2, 0.25) is 0 Å². The fourth-order valence-electron chi connectivity index (χ4n) is 2.82. The molecule has 2 N–H and O–H groups in total. The van der Waals surface area contributed by atoms with E-state index in [9.17, 15) is 9.90 Å². The van der Waals surface area contributed by atoms with Crippen molar-refractivity contribution in [1.82, 2.24) is 9.88 Å². The van der Waals surface area contributed by atoms with Gasteiger partial charge in [0, 0.05) is 24.8 Å². The fraction of sp³-hybridized carbons (Fsp3) is 0.250. The molecule has 3 rings (SSSR count). The zero-order valence-electron chi connectivity index (χ0n) is 13.6. The second-order valence-corrected chi connectivity index (χ2v) is 6.05. The minimum absolute atomic E-state index is 0.167. The molecule has 1 aromatic carbocycles.